The lowest BCUT2D eigenvalue weighted by atomic mass is 10.2. The molecular weight excluding hydrogens is 490 g/mol. The van der Waals surface area contributed by atoms with Gasteiger partial charge in [0.1, 0.15) is 11.5 Å². The third-order valence-corrected chi connectivity index (χ3v) is 4.68. The van der Waals surface area contributed by atoms with Crippen LogP contribution in [0.5, 0.6) is 11.5 Å². The van der Waals surface area contributed by atoms with Crippen LogP contribution in [0.25, 0.3) is 0 Å². The zero-order valence-electron chi connectivity index (χ0n) is 17.6. The van der Waals surface area contributed by atoms with Crippen LogP contribution in [0, 0.1) is 0 Å². The molecule has 0 aromatic heterocycles. The number of esters is 1. The Morgan fingerprint density at radius 2 is 1.70 bits per heavy atom. The summed E-state index contributed by atoms with van der Waals surface area (Å²) in [5, 5.41) is 6.27. The minimum absolute atomic E-state index is 0.240. The molecule has 0 aliphatic heterocycles. The Morgan fingerprint density at radius 1 is 0.970 bits per heavy atom. The van der Waals surface area contributed by atoms with Gasteiger partial charge in [0.25, 0.3) is 0 Å². The topological polar surface area (TPSA) is 106 Å². The van der Waals surface area contributed by atoms with E-state index >= 15 is 0 Å². The number of rotatable bonds is 7. The molecule has 3 rings (SSSR count). The van der Waals surface area contributed by atoms with Gasteiger partial charge in [-0.25, -0.2) is 10.2 Å². The summed E-state index contributed by atoms with van der Waals surface area (Å²) in [7, 11) is 0. The van der Waals surface area contributed by atoms with Crippen molar-refractivity contribution in [2.75, 3.05) is 11.9 Å². The molecule has 3 aromatic carbocycles. The van der Waals surface area contributed by atoms with Gasteiger partial charge in [0.05, 0.1) is 18.4 Å². The van der Waals surface area contributed by atoms with Crippen molar-refractivity contribution >= 4 is 45.6 Å². The van der Waals surface area contributed by atoms with Gasteiger partial charge in [0.2, 0.25) is 0 Å². The van der Waals surface area contributed by atoms with E-state index in [0.29, 0.717) is 33.6 Å². The molecule has 0 fully saturated rings. The van der Waals surface area contributed by atoms with Crippen LogP contribution in [0.1, 0.15) is 22.8 Å². The lowest BCUT2D eigenvalue weighted by Crippen LogP contribution is -2.32. The average Bonchev–Trinajstić information content (AvgIpc) is 2.82. The van der Waals surface area contributed by atoms with E-state index in [1.807, 2.05) is 6.92 Å². The molecule has 0 radical (unpaired) electrons. The van der Waals surface area contributed by atoms with Crippen molar-refractivity contribution in [2.24, 2.45) is 5.10 Å². The van der Waals surface area contributed by atoms with Crippen LogP contribution < -0.4 is 20.2 Å². The second-order valence-corrected chi connectivity index (χ2v) is 7.46. The van der Waals surface area contributed by atoms with Gasteiger partial charge < -0.3 is 14.8 Å². The highest BCUT2D eigenvalue weighted by atomic mass is 79.9. The number of nitrogens with zero attached hydrogens (tertiary/aromatic N) is 1. The Labute approximate surface area is 198 Å². The fraction of sp³-hybridized carbons (Fsp3) is 0.0833. The molecule has 33 heavy (non-hydrogen) atoms. The monoisotopic (exact) mass is 509 g/mol. The van der Waals surface area contributed by atoms with Crippen LogP contribution in [0.3, 0.4) is 0 Å². The molecule has 9 heteroatoms. The number of ether oxygens (including phenoxy) is 2. The van der Waals surface area contributed by atoms with Crippen LogP contribution in [-0.4, -0.2) is 30.6 Å². The lowest BCUT2D eigenvalue weighted by molar-refractivity contribution is -0.136. The largest absolute Gasteiger partial charge is 0.494 e. The van der Waals surface area contributed by atoms with Crippen molar-refractivity contribution in [1.29, 1.82) is 0 Å². The molecule has 0 spiro atoms. The van der Waals surface area contributed by atoms with Gasteiger partial charge in [-0.2, -0.15) is 5.10 Å². The number of nitrogens with one attached hydrogen (secondary N) is 2. The first-order chi connectivity index (χ1) is 16.0. The van der Waals surface area contributed by atoms with Gasteiger partial charge in [-0.1, -0.05) is 34.1 Å². The summed E-state index contributed by atoms with van der Waals surface area (Å²) in [5.74, 6) is -1.49. The maximum absolute atomic E-state index is 12.3. The molecule has 8 nitrogen and oxygen atoms in total. The summed E-state index contributed by atoms with van der Waals surface area (Å²) in [4.78, 5) is 36.5. The Hall–Kier alpha value is -3.98. The van der Waals surface area contributed by atoms with E-state index in [9.17, 15) is 14.4 Å². The summed E-state index contributed by atoms with van der Waals surface area (Å²) < 4.78 is 11.5. The van der Waals surface area contributed by atoms with Crippen molar-refractivity contribution in [3.05, 3.63) is 88.4 Å². The fourth-order valence-electron chi connectivity index (χ4n) is 2.65. The fourth-order valence-corrected chi connectivity index (χ4v) is 3.03. The predicted octanol–water partition coefficient (Wildman–Crippen LogP) is 4.16. The highest BCUT2D eigenvalue weighted by Gasteiger charge is 2.14. The van der Waals surface area contributed by atoms with E-state index in [4.69, 9.17) is 9.47 Å². The van der Waals surface area contributed by atoms with Gasteiger partial charge in [0.15, 0.2) is 0 Å². The van der Waals surface area contributed by atoms with E-state index in [0.717, 1.165) is 0 Å². The summed E-state index contributed by atoms with van der Waals surface area (Å²) in [6, 6.07) is 20.1. The highest BCUT2D eigenvalue weighted by molar-refractivity contribution is 9.10. The number of carbonyl (C=O) groups is 3. The first-order valence-electron chi connectivity index (χ1n) is 9.90. The summed E-state index contributed by atoms with van der Waals surface area (Å²) in [6.07, 6.45) is 1.28. The number of hydrogen-bond donors (Lipinski definition) is 2. The number of hydrogen-bond acceptors (Lipinski definition) is 6. The van der Waals surface area contributed by atoms with Crippen LogP contribution in [0.15, 0.2) is 82.4 Å². The Bertz CT molecular complexity index is 1160. The number of amides is 2. The lowest BCUT2D eigenvalue weighted by Gasteiger charge is -2.08. The van der Waals surface area contributed by atoms with Crippen molar-refractivity contribution in [1.82, 2.24) is 5.43 Å². The van der Waals surface area contributed by atoms with E-state index in [1.165, 1.54) is 6.21 Å². The van der Waals surface area contributed by atoms with Gasteiger partial charge >= 0.3 is 17.8 Å². The molecule has 3 aromatic rings. The Balaban J connectivity index is 1.61. The minimum Gasteiger partial charge on any atom is -0.494 e. The molecule has 0 aliphatic carbocycles. The first kappa shape index (κ1) is 23.7. The second kappa shape index (κ2) is 11.6. The molecule has 0 unspecified atom stereocenters. The maximum Gasteiger partial charge on any atom is 0.343 e. The summed E-state index contributed by atoms with van der Waals surface area (Å²) in [5.41, 5.74) is 3.40. The predicted molar refractivity (Wildman–Crippen MR) is 128 cm³/mol. The quantitative estimate of drug-likeness (QED) is 0.163. The number of carbonyl (C=O) groups excluding carboxylic acids is 3. The van der Waals surface area contributed by atoms with Crippen molar-refractivity contribution in [3.8, 4) is 11.5 Å². The Kier molecular flexibility index (Phi) is 8.31. The zero-order valence-corrected chi connectivity index (χ0v) is 19.2. The molecule has 2 N–H and O–H groups in total. The number of hydrazone groups is 1. The smallest absolute Gasteiger partial charge is 0.343 e. The molecule has 0 atom stereocenters. The molecule has 0 heterocycles. The second-order valence-electron chi connectivity index (χ2n) is 6.55. The first-order valence-corrected chi connectivity index (χ1v) is 10.7. The normalized spacial score (nSPS) is 10.5. The Morgan fingerprint density at radius 3 is 2.39 bits per heavy atom. The molecule has 0 saturated heterocycles. The third-order valence-electron chi connectivity index (χ3n) is 4.18. The standard InChI is InChI=1S/C24H20BrN3O5/c1-2-32-20-11-9-19(10-12-20)27-22(29)23(30)28-26-15-17-14-18(25)8-13-21(17)33-24(31)16-6-4-3-5-7-16/h3-15H,2H2,1H3,(H,27,29)(H,28,30). The third kappa shape index (κ3) is 7.01. The SMILES string of the molecule is CCOc1ccc(NC(=O)C(=O)NN=Cc2cc(Br)ccc2OC(=O)c2ccccc2)cc1. The van der Waals surface area contributed by atoms with Gasteiger partial charge in [-0.05, 0) is 61.5 Å². The van der Waals surface area contributed by atoms with Crippen LogP contribution in [0.4, 0.5) is 5.69 Å². The van der Waals surface area contributed by atoms with E-state index < -0.39 is 17.8 Å². The number of halogens is 1. The molecule has 168 valence electrons. The molecular formula is C24H20BrN3O5. The minimum atomic E-state index is -0.960. The molecule has 0 aliphatic rings. The zero-order chi connectivity index (χ0) is 23.6. The van der Waals surface area contributed by atoms with Gasteiger partial charge in [0, 0.05) is 15.7 Å². The summed E-state index contributed by atoms with van der Waals surface area (Å²) in [6.45, 7) is 2.39. The van der Waals surface area contributed by atoms with E-state index in [2.05, 4.69) is 31.8 Å². The number of benzene rings is 3. The molecule has 2 amide bonds. The molecule has 0 saturated carbocycles. The van der Waals surface area contributed by atoms with Crippen LogP contribution in [0.2, 0.25) is 0 Å². The maximum atomic E-state index is 12.3. The van der Waals surface area contributed by atoms with Gasteiger partial charge in [-0.3, -0.25) is 9.59 Å². The number of anilines is 1. The highest BCUT2D eigenvalue weighted by Crippen LogP contribution is 2.23. The van der Waals surface area contributed by atoms with Crippen molar-refractivity contribution in [2.45, 2.75) is 6.92 Å². The van der Waals surface area contributed by atoms with E-state index in [-0.39, 0.29) is 5.75 Å². The van der Waals surface area contributed by atoms with Crippen molar-refractivity contribution < 1.29 is 23.9 Å². The molecule has 0 bridgehead atoms. The van der Waals surface area contributed by atoms with Crippen molar-refractivity contribution in [3.63, 3.8) is 0 Å². The van der Waals surface area contributed by atoms with Crippen LogP contribution in [-0.2, 0) is 9.59 Å². The summed E-state index contributed by atoms with van der Waals surface area (Å²) >= 11 is 3.34. The van der Waals surface area contributed by atoms with E-state index in [1.54, 1.807) is 72.8 Å². The van der Waals surface area contributed by atoms with Crippen LogP contribution >= 0.6 is 15.9 Å². The van der Waals surface area contributed by atoms with Gasteiger partial charge in [-0.15, -0.1) is 0 Å². The average molecular weight is 510 g/mol.